The number of nitrogens with one attached hydrogen (secondary N) is 2. The Morgan fingerprint density at radius 2 is 1.78 bits per heavy atom. The molecule has 2 atom stereocenters. The first-order valence-electron chi connectivity index (χ1n) is 22.9. The summed E-state index contributed by atoms with van der Waals surface area (Å²) in [6.45, 7) is 9.85. The molecule has 0 aliphatic carbocycles. The van der Waals surface area contributed by atoms with E-state index in [4.69, 9.17) is 14.5 Å². The maximum Gasteiger partial charge on any atom is 0.410 e. The topological polar surface area (TPSA) is 213 Å². The molecule has 7 heterocycles. The quantitative estimate of drug-likeness (QED) is 0.0937. The van der Waals surface area contributed by atoms with Crippen LogP contribution in [0.4, 0.5) is 10.5 Å². The van der Waals surface area contributed by atoms with Crippen molar-refractivity contribution in [1.29, 1.82) is 0 Å². The number of rotatable bonds is 10. The number of hydrogen-bond donors (Lipinski definition) is 5. The third kappa shape index (κ3) is 7.51. The highest BCUT2D eigenvalue weighted by atomic mass is 16.6. The Bertz CT molecular complexity index is 3110. The first-order valence-corrected chi connectivity index (χ1v) is 22.9. The predicted octanol–water partition coefficient (Wildman–Crippen LogP) is 6.45. The number of phenolic OH excluding ortho intramolecular Hbond substituents is 3. The van der Waals surface area contributed by atoms with Crippen LogP contribution in [0.3, 0.4) is 0 Å². The van der Waals surface area contributed by atoms with Gasteiger partial charge in [-0.3, -0.25) is 19.9 Å². The molecular weight excluding hydrogens is 857 g/mol. The van der Waals surface area contributed by atoms with Crippen LogP contribution in [0.1, 0.15) is 92.4 Å². The number of amidine groups is 1. The largest absolute Gasteiger partial charge is 0.508 e. The first-order chi connectivity index (χ1) is 32.3. The van der Waals surface area contributed by atoms with E-state index in [2.05, 4.69) is 20.4 Å². The van der Waals surface area contributed by atoms with Gasteiger partial charge in [-0.1, -0.05) is 20.8 Å². The Balaban J connectivity index is 0.811. The molecule has 0 saturated carbocycles. The number of cyclic esters (lactones) is 1. The molecule has 67 heavy (non-hydrogen) atoms. The zero-order valence-electron chi connectivity index (χ0n) is 37.7. The van der Waals surface area contributed by atoms with E-state index in [0.29, 0.717) is 77.1 Å². The van der Waals surface area contributed by atoms with E-state index in [9.17, 15) is 34.5 Å². The van der Waals surface area contributed by atoms with Gasteiger partial charge < -0.3 is 44.1 Å². The first kappa shape index (κ1) is 43.3. The Kier molecular flexibility index (Phi) is 11.0. The summed E-state index contributed by atoms with van der Waals surface area (Å²) in [6, 6.07) is 17.7. The van der Waals surface area contributed by atoms with Crippen LogP contribution in [0.2, 0.25) is 0 Å². The maximum atomic E-state index is 14.0. The second-order valence-electron chi connectivity index (χ2n) is 18.0. The van der Waals surface area contributed by atoms with Crippen LogP contribution in [0.5, 0.6) is 17.2 Å². The molecule has 17 heteroatoms. The Morgan fingerprint density at radius 3 is 2.54 bits per heavy atom. The summed E-state index contributed by atoms with van der Waals surface area (Å²) >= 11 is 0. The number of fused-ring (bicyclic) bond motifs is 6. The van der Waals surface area contributed by atoms with Crippen molar-refractivity contribution in [3.05, 3.63) is 111 Å². The highest BCUT2D eigenvalue weighted by Gasteiger charge is 2.40. The Hall–Kier alpha value is -7.56. The Labute approximate surface area is 385 Å². The number of hydrazone groups is 1. The van der Waals surface area contributed by atoms with Crippen LogP contribution in [-0.4, -0.2) is 83.9 Å². The predicted molar refractivity (Wildman–Crippen MR) is 250 cm³/mol. The molecule has 5 N–H and O–H groups in total. The lowest BCUT2D eigenvalue weighted by Gasteiger charge is -2.33. The Morgan fingerprint density at radius 1 is 0.970 bits per heavy atom. The standard InChI is InChI=1S/C50H52N8O9/c1-5-31-33-20-30(59)8-9-38(33)52-43-36(31)24-57-40(43)22-34-37(48(57)63)25-66-49(64)44(34)67-50(65)56-16-12-27(13-17-56)11-15-55-18-14-28-19-29(7-10-39(28)55)58-45(53-54-46(58)47(62)51-6-2)35-21-32(26(3)4)41(60)23-42(35)61/h7-10,14,18-23,26-27,44,46,54,59-61H,5-6,11-13,15-17,24-25H2,1-4H3,(H,51,62)/t44-,46?/m0/s1. The van der Waals surface area contributed by atoms with Crippen molar-refractivity contribution in [2.45, 2.75) is 91.3 Å². The second-order valence-corrected chi connectivity index (χ2v) is 18.0. The van der Waals surface area contributed by atoms with Gasteiger partial charge >= 0.3 is 12.1 Å². The van der Waals surface area contributed by atoms with Crippen molar-refractivity contribution in [2.75, 3.05) is 24.5 Å². The highest BCUT2D eigenvalue weighted by Crippen LogP contribution is 2.40. The molecule has 4 aliphatic heterocycles. The van der Waals surface area contributed by atoms with Gasteiger partial charge in [0.1, 0.15) is 23.9 Å². The third-order valence-corrected chi connectivity index (χ3v) is 13.7. The normalized spacial score (nSPS) is 17.9. The van der Waals surface area contributed by atoms with Crippen LogP contribution in [0.25, 0.3) is 33.2 Å². The molecule has 6 aromatic rings. The molecule has 0 spiro atoms. The number of carbonyl (C=O) groups is 3. The molecular formula is C50H52N8O9. The number of nitrogens with zero attached hydrogens (tertiary/aromatic N) is 6. The molecule has 4 aliphatic rings. The number of carbonyl (C=O) groups excluding carboxylic acids is 3. The average molecular weight is 909 g/mol. The third-order valence-electron chi connectivity index (χ3n) is 13.7. The molecule has 3 aromatic heterocycles. The number of piperidine rings is 1. The van der Waals surface area contributed by atoms with E-state index < -0.39 is 24.3 Å². The van der Waals surface area contributed by atoms with Gasteiger partial charge in [0.15, 0.2) is 5.84 Å². The fourth-order valence-electron chi connectivity index (χ4n) is 10.1. The summed E-state index contributed by atoms with van der Waals surface area (Å²) in [5, 5.41) is 40.9. The van der Waals surface area contributed by atoms with Crippen molar-refractivity contribution >= 4 is 51.3 Å². The molecule has 1 saturated heterocycles. The van der Waals surface area contributed by atoms with Gasteiger partial charge in [0, 0.05) is 71.5 Å². The number of likely N-dealkylation sites (N-methyl/N-ethyl adjacent to an activating group) is 1. The van der Waals surface area contributed by atoms with E-state index in [1.807, 2.05) is 58.2 Å². The molecule has 0 bridgehead atoms. The van der Waals surface area contributed by atoms with E-state index in [1.54, 1.807) is 44.7 Å². The maximum absolute atomic E-state index is 14.0. The summed E-state index contributed by atoms with van der Waals surface area (Å²) in [5.74, 6) is -0.415. The van der Waals surface area contributed by atoms with E-state index >= 15 is 0 Å². The van der Waals surface area contributed by atoms with Crippen LogP contribution in [0, 0.1) is 5.92 Å². The van der Waals surface area contributed by atoms with Gasteiger partial charge in [0.2, 0.25) is 12.3 Å². The number of aromatic nitrogens is 3. The van der Waals surface area contributed by atoms with Crippen molar-refractivity contribution in [3.8, 4) is 28.6 Å². The van der Waals surface area contributed by atoms with E-state index in [0.717, 1.165) is 53.2 Å². The van der Waals surface area contributed by atoms with Crippen molar-refractivity contribution in [3.63, 3.8) is 0 Å². The zero-order chi connectivity index (χ0) is 46.8. The number of amides is 2. The fourth-order valence-corrected chi connectivity index (χ4v) is 10.1. The molecule has 2 amide bonds. The fraction of sp³-hybridized carbons (Fsp3) is 0.360. The zero-order valence-corrected chi connectivity index (χ0v) is 37.7. The van der Waals surface area contributed by atoms with Gasteiger partial charge in [-0.15, -0.1) is 0 Å². The minimum absolute atomic E-state index is 0.0163. The number of pyridine rings is 2. The highest BCUT2D eigenvalue weighted by molar-refractivity contribution is 6.16. The van der Waals surface area contributed by atoms with Gasteiger partial charge in [-0.25, -0.2) is 14.6 Å². The molecule has 1 fully saturated rings. The second kappa shape index (κ2) is 17.0. The number of aryl methyl sites for hydroxylation is 2. The number of benzene rings is 3. The summed E-state index contributed by atoms with van der Waals surface area (Å²) in [6.07, 6.45) is 2.10. The SMILES string of the molecule is CCNC(=O)C1NN=C(c2cc(C(C)C)c(O)cc2O)N1c1ccc2c(ccn2CCC2CCN(C(=O)O[C@@H]3C(=O)OCc4c3cc3n(c4=O)Cc4c-3nc3ccc(O)cc3c4CC)CC2)c1. The van der Waals surface area contributed by atoms with Gasteiger partial charge in [0.05, 0.1) is 34.6 Å². The van der Waals surface area contributed by atoms with Crippen molar-refractivity contribution in [2.24, 2.45) is 11.0 Å². The summed E-state index contributed by atoms with van der Waals surface area (Å²) in [4.78, 5) is 62.5. The lowest BCUT2D eigenvalue weighted by molar-refractivity contribution is -0.158. The minimum atomic E-state index is -1.40. The van der Waals surface area contributed by atoms with Crippen molar-refractivity contribution in [1.82, 2.24) is 29.8 Å². The monoisotopic (exact) mass is 908 g/mol. The van der Waals surface area contributed by atoms with Gasteiger partial charge in [-0.05, 0) is 110 Å². The summed E-state index contributed by atoms with van der Waals surface area (Å²) in [5.41, 5.74) is 9.63. The van der Waals surface area contributed by atoms with Crippen LogP contribution < -0.4 is 21.2 Å². The molecule has 0 radical (unpaired) electrons. The van der Waals surface area contributed by atoms with Gasteiger partial charge in [-0.2, -0.15) is 5.10 Å². The molecule has 17 nitrogen and oxygen atoms in total. The number of esters is 1. The van der Waals surface area contributed by atoms with E-state index in [1.165, 1.54) is 6.07 Å². The van der Waals surface area contributed by atoms with Crippen molar-refractivity contribution < 1.29 is 39.2 Å². The molecule has 10 rings (SSSR count). The smallest absolute Gasteiger partial charge is 0.410 e. The average Bonchev–Trinajstić information content (AvgIpc) is 4.04. The molecule has 3 aromatic carbocycles. The minimum Gasteiger partial charge on any atom is -0.508 e. The number of likely N-dealkylation sites (tertiary alicyclic amines) is 1. The number of phenols is 3. The summed E-state index contributed by atoms with van der Waals surface area (Å²) in [7, 11) is 0. The number of aromatic hydroxyl groups is 3. The molecule has 1 unspecified atom stereocenters. The number of anilines is 1. The molecule has 346 valence electrons. The lowest BCUT2D eigenvalue weighted by Crippen LogP contribution is -2.51. The summed E-state index contributed by atoms with van der Waals surface area (Å²) < 4.78 is 15.1. The van der Waals surface area contributed by atoms with E-state index in [-0.39, 0.29) is 53.3 Å². The van der Waals surface area contributed by atoms with Crippen LogP contribution in [-0.2, 0) is 45.2 Å². The lowest BCUT2D eigenvalue weighted by atomic mass is 9.93. The number of ether oxygens (including phenoxy) is 2. The van der Waals surface area contributed by atoms with Crippen LogP contribution >= 0.6 is 0 Å². The number of hydrogen-bond acceptors (Lipinski definition) is 13. The van der Waals surface area contributed by atoms with Crippen LogP contribution in [0.15, 0.2) is 76.8 Å². The van der Waals surface area contributed by atoms with Gasteiger partial charge in [0.25, 0.3) is 11.5 Å².